The van der Waals surface area contributed by atoms with Gasteiger partial charge in [-0.3, -0.25) is 4.66 Å². The van der Waals surface area contributed by atoms with Gasteiger partial charge in [0.1, 0.15) is 11.5 Å². The van der Waals surface area contributed by atoms with E-state index >= 15 is 0 Å². The van der Waals surface area contributed by atoms with Gasteiger partial charge < -0.3 is 15.9 Å². The third-order valence-electron chi connectivity index (χ3n) is 0.925. The van der Waals surface area contributed by atoms with Crippen LogP contribution in [0.4, 0.5) is 5.69 Å². The molecule has 0 aliphatic rings. The van der Waals surface area contributed by atoms with Crippen LogP contribution in [0.1, 0.15) is 0 Å². The number of benzene rings is 1. The molecule has 62 valence electrons. The van der Waals surface area contributed by atoms with Crippen LogP contribution in [0.5, 0.6) is 11.5 Å². The second-order valence-corrected chi connectivity index (χ2v) is 1.78. The SMILES string of the molecule is Nc1cc(O)cc(O)c1.OCl. The molecule has 0 saturated heterocycles. The summed E-state index contributed by atoms with van der Waals surface area (Å²) in [7, 11) is 0. The Morgan fingerprint density at radius 1 is 1.00 bits per heavy atom. The molecule has 1 aromatic carbocycles. The van der Waals surface area contributed by atoms with Crippen molar-refractivity contribution in [2.75, 3.05) is 5.73 Å². The lowest BCUT2D eigenvalue weighted by molar-refractivity contribution is 0.451. The van der Waals surface area contributed by atoms with Crippen LogP contribution in [-0.4, -0.2) is 14.9 Å². The fraction of sp³-hybridized carbons (Fsp3) is 0. The molecule has 1 aromatic rings. The Bertz CT molecular complexity index is 179. The lowest BCUT2D eigenvalue weighted by Crippen LogP contribution is -1.81. The summed E-state index contributed by atoms with van der Waals surface area (Å²) in [5, 5.41) is 17.5. The highest BCUT2D eigenvalue weighted by atomic mass is 35.5. The first-order chi connectivity index (χ1) is 5.18. The van der Waals surface area contributed by atoms with E-state index in [0.29, 0.717) is 5.69 Å². The van der Waals surface area contributed by atoms with Gasteiger partial charge in [-0.2, -0.15) is 0 Å². The highest BCUT2D eigenvalue weighted by Gasteiger charge is 1.92. The summed E-state index contributed by atoms with van der Waals surface area (Å²) in [5.41, 5.74) is 5.59. The van der Waals surface area contributed by atoms with E-state index in [1.807, 2.05) is 0 Å². The number of rotatable bonds is 0. The van der Waals surface area contributed by atoms with Crippen molar-refractivity contribution in [2.24, 2.45) is 0 Å². The zero-order valence-corrected chi connectivity index (χ0v) is 6.28. The lowest BCUT2D eigenvalue weighted by Gasteiger charge is -1.95. The van der Waals surface area contributed by atoms with E-state index in [1.54, 1.807) is 0 Å². The fourth-order valence-corrected chi connectivity index (χ4v) is 0.618. The predicted octanol–water partition coefficient (Wildman–Crippen LogP) is 0.812. The van der Waals surface area contributed by atoms with E-state index in [4.69, 9.17) is 20.6 Å². The monoisotopic (exact) mass is 177 g/mol. The van der Waals surface area contributed by atoms with Crippen LogP contribution < -0.4 is 5.73 Å². The van der Waals surface area contributed by atoms with E-state index in [9.17, 15) is 0 Å². The zero-order chi connectivity index (χ0) is 8.85. The average molecular weight is 178 g/mol. The molecule has 5 heteroatoms. The summed E-state index contributed by atoms with van der Waals surface area (Å²) in [5.74, 6) is -0.0417. The maximum atomic E-state index is 8.75. The Morgan fingerprint density at radius 2 is 1.36 bits per heavy atom. The van der Waals surface area contributed by atoms with Gasteiger partial charge in [-0.15, -0.1) is 0 Å². The van der Waals surface area contributed by atoms with Gasteiger partial charge >= 0.3 is 0 Å². The largest absolute Gasteiger partial charge is 0.508 e. The molecular formula is C6H8ClNO3. The van der Waals surface area contributed by atoms with Crippen LogP contribution in [0.15, 0.2) is 18.2 Å². The molecule has 0 amide bonds. The lowest BCUT2D eigenvalue weighted by atomic mass is 10.3. The molecule has 0 aliphatic carbocycles. The van der Waals surface area contributed by atoms with Gasteiger partial charge in [-0.05, 0) is 0 Å². The first kappa shape index (κ1) is 9.87. The van der Waals surface area contributed by atoms with Crippen molar-refractivity contribution in [2.45, 2.75) is 0 Å². The van der Waals surface area contributed by atoms with Gasteiger partial charge in [0, 0.05) is 23.9 Å². The molecule has 5 N–H and O–H groups in total. The van der Waals surface area contributed by atoms with Gasteiger partial charge in [0.05, 0.1) is 11.9 Å². The van der Waals surface area contributed by atoms with Gasteiger partial charge in [-0.1, -0.05) is 0 Å². The minimum atomic E-state index is -0.0208. The summed E-state index contributed by atoms with van der Waals surface area (Å²) >= 11 is 3.64. The minimum absolute atomic E-state index is 0.0208. The van der Waals surface area contributed by atoms with Crippen LogP contribution in [0.2, 0.25) is 0 Å². The van der Waals surface area contributed by atoms with Crippen molar-refractivity contribution >= 4 is 17.6 Å². The third-order valence-corrected chi connectivity index (χ3v) is 0.925. The molecule has 0 radical (unpaired) electrons. The standard InChI is InChI=1S/C6H7NO2.ClHO/c7-4-1-5(8)3-6(9)2-4;1-2/h1-3,8-9H,7H2;2H. The number of phenols is 2. The number of aromatic hydroxyl groups is 2. The summed E-state index contributed by atoms with van der Waals surface area (Å²) in [6.07, 6.45) is 0. The second kappa shape index (κ2) is 4.65. The Hall–Kier alpha value is -1.13. The Morgan fingerprint density at radius 3 is 1.64 bits per heavy atom. The molecule has 0 aliphatic heterocycles. The molecular weight excluding hydrogens is 170 g/mol. The number of nitrogens with two attached hydrogens (primary N) is 1. The molecule has 0 bridgehead atoms. The second-order valence-electron chi connectivity index (χ2n) is 1.78. The molecule has 0 atom stereocenters. The molecule has 0 spiro atoms. The quantitative estimate of drug-likeness (QED) is 0.442. The van der Waals surface area contributed by atoms with Gasteiger partial charge in [0.15, 0.2) is 0 Å². The first-order valence-corrected chi connectivity index (χ1v) is 2.98. The van der Waals surface area contributed by atoms with Crippen LogP contribution in [0, 0.1) is 0 Å². The van der Waals surface area contributed by atoms with Crippen LogP contribution in [0.25, 0.3) is 0 Å². The third kappa shape index (κ3) is 3.54. The minimum Gasteiger partial charge on any atom is -0.508 e. The van der Waals surface area contributed by atoms with Crippen molar-refractivity contribution < 1.29 is 14.9 Å². The Balaban J connectivity index is 0.000000461. The topological polar surface area (TPSA) is 86.7 Å². The van der Waals surface area contributed by atoms with E-state index in [0.717, 1.165) is 0 Å². The van der Waals surface area contributed by atoms with Crippen molar-refractivity contribution in [1.29, 1.82) is 0 Å². The number of anilines is 1. The normalized spacial score (nSPS) is 8.18. The van der Waals surface area contributed by atoms with Gasteiger partial charge in [0.25, 0.3) is 0 Å². The van der Waals surface area contributed by atoms with Crippen LogP contribution >= 0.6 is 11.9 Å². The summed E-state index contributed by atoms with van der Waals surface area (Å²) in [6.45, 7) is 0. The summed E-state index contributed by atoms with van der Waals surface area (Å²) < 4.78 is 6.47. The maximum Gasteiger partial charge on any atom is 0.121 e. The molecule has 0 saturated carbocycles. The number of nitrogen functional groups attached to an aromatic ring is 1. The molecule has 1 rings (SSSR count). The average Bonchev–Trinajstić information content (AvgIpc) is 1.88. The van der Waals surface area contributed by atoms with Crippen LogP contribution in [0.3, 0.4) is 0 Å². The Labute approximate surface area is 68.6 Å². The Kier molecular flexibility index (Phi) is 4.17. The number of hydrogen-bond donors (Lipinski definition) is 4. The smallest absolute Gasteiger partial charge is 0.121 e. The maximum absolute atomic E-state index is 8.75. The number of halogens is 1. The zero-order valence-electron chi connectivity index (χ0n) is 5.53. The highest BCUT2D eigenvalue weighted by Crippen LogP contribution is 2.20. The number of hydrogen-bond acceptors (Lipinski definition) is 4. The van der Waals surface area contributed by atoms with E-state index < -0.39 is 0 Å². The van der Waals surface area contributed by atoms with Crippen molar-refractivity contribution in [3.63, 3.8) is 0 Å². The predicted molar refractivity (Wildman–Crippen MR) is 42.3 cm³/mol. The molecule has 0 heterocycles. The van der Waals surface area contributed by atoms with Crippen molar-refractivity contribution in [3.8, 4) is 11.5 Å². The van der Waals surface area contributed by atoms with Crippen molar-refractivity contribution in [3.05, 3.63) is 18.2 Å². The molecule has 0 fully saturated rings. The van der Waals surface area contributed by atoms with E-state index in [1.165, 1.54) is 18.2 Å². The van der Waals surface area contributed by atoms with E-state index in [2.05, 4.69) is 11.9 Å². The highest BCUT2D eigenvalue weighted by molar-refractivity contribution is 6.04. The number of phenolic OH excluding ortho intramolecular Hbond substituents is 2. The van der Waals surface area contributed by atoms with Gasteiger partial charge in [-0.25, -0.2) is 0 Å². The van der Waals surface area contributed by atoms with Crippen molar-refractivity contribution in [1.82, 2.24) is 0 Å². The molecule has 0 aromatic heterocycles. The summed E-state index contributed by atoms with van der Waals surface area (Å²) in [4.78, 5) is 0. The van der Waals surface area contributed by atoms with E-state index in [-0.39, 0.29) is 11.5 Å². The first-order valence-electron chi connectivity index (χ1n) is 2.64. The fourth-order valence-electron chi connectivity index (χ4n) is 0.618. The molecule has 0 unspecified atom stereocenters. The van der Waals surface area contributed by atoms with Crippen LogP contribution in [-0.2, 0) is 0 Å². The summed E-state index contributed by atoms with van der Waals surface area (Å²) in [6, 6.07) is 3.94. The molecule has 4 nitrogen and oxygen atoms in total. The molecule has 11 heavy (non-hydrogen) atoms. The van der Waals surface area contributed by atoms with Gasteiger partial charge in [0.2, 0.25) is 0 Å².